The van der Waals surface area contributed by atoms with Gasteiger partial charge in [-0.15, -0.1) is 0 Å². The van der Waals surface area contributed by atoms with Crippen LogP contribution in [0.3, 0.4) is 0 Å². The van der Waals surface area contributed by atoms with Crippen LogP contribution in [0.15, 0.2) is 24.3 Å². The van der Waals surface area contributed by atoms with E-state index in [1.165, 1.54) is 0 Å². The highest BCUT2D eigenvalue weighted by Crippen LogP contribution is 2.19. The molecule has 0 spiro atoms. The quantitative estimate of drug-likeness (QED) is 0.734. The van der Waals surface area contributed by atoms with Crippen LogP contribution in [0.5, 0.6) is 0 Å². The van der Waals surface area contributed by atoms with Crippen LogP contribution < -0.4 is 0 Å². The fraction of sp³-hybridized carbons (Fsp3) is 0.333. The van der Waals surface area contributed by atoms with Gasteiger partial charge in [0.1, 0.15) is 0 Å². The molecular formula is C12H15ClO2. The molecule has 0 aliphatic heterocycles. The lowest BCUT2D eigenvalue weighted by Crippen LogP contribution is -2.08. The lowest BCUT2D eigenvalue weighted by atomic mass is 10.1. The van der Waals surface area contributed by atoms with Gasteiger partial charge in [-0.3, -0.25) is 0 Å². The van der Waals surface area contributed by atoms with Crippen molar-refractivity contribution in [1.82, 2.24) is 0 Å². The molecule has 3 heteroatoms. The normalized spacial score (nSPS) is 11.5. The molecule has 0 unspecified atom stereocenters. The number of hydrogen-bond acceptors (Lipinski definition) is 2. The molecule has 0 heterocycles. The van der Waals surface area contributed by atoms with E-state index in [0.29, 0.717) is 0 Å². The maximum Gasteiger partial charge on any atom is 0.176 e. The summed E-state index contributed by atoms with van der Waals surface area (Å²) in [5.41, 5.74) is 2.13. The van der Waals surface area contributed by atoms with Gasteiger partial charge in [-0.05, 0) is 30.2 Å². The zero-order valence-corrected chi connectivity index (χ0v) is 9.91. The number of ether oxygens (including phenoxy) is 2. The van der Waals surface area contributed by atoms with Gasteiger partial charge in [0.15, 0.2) is 6.29 Å². The molecule has 0 atom stereocenters. The highest BCUT2D eigenvalue weighted by atomic mass is 35.5. The van der Waals surface area contributed by atoms with Crippen LogP contribution in [-0.2, 0) is 9.47 Å². The van der Waals surface area contributed by atoms with E-state index >= 15 is 0 Å². The summed E-state index contributed by atoms with van der Waals surface area (Å²) >= 11 is 6.00. The summed E-state index contributed by atoms with van der Waals surface area (Å²) in [6.07, 6.45) is 3.47. The third-order valence-corrected chi connectivity index (χ3v) is 2.62. The van der Waals surface area contributed by atoms with Crippen molar-refractivity contribution < 1.29 is 9.47 Å². The third kappa shape index (κ3) is 3.34. The van der Waals surface area contributed by atoms with Crippen LogP contribution in [0.2, 0.25) is 5.02 Å². The summed E-state index contributed by atoms with van der Waals surface area (Å²) in [6.45, 7) is 1.98. The molecule has 0 aliphatic carbocycles. The van der Waals surface area contributed by atoms with E-state index in [1.807, 2.05) is 37.3 Å². The zero-order chi connectivity index (χ0) is 11.3. The third-order valence-electron chi connectivity index (χ3n) is 2.21. The molecule has 0 aromatic heterocycles. The molecule has 1 aromatic carbocycles. The number of benzene rings is 1. The largest absolute Gasteiger partial charge is 0.352 e. The Balaban J connectivity index is 2.84. The van der Waals surface area contributed by atoms with Crippen LogP contribution in [0.1, 0.15) is 11.1 Å². The first-order valence-electron chi connectivity index (χ1n) is 4.68. The summed E-state index contributed by atoms with van der Waals surface area (Å²) < 4.78 is 10.1. The van der Waals surface area contributed by atoms with Crippen molar-refractivity contribution in [3.63, 3.8) is 0 Å². The summed E-state index contributed by atoms with van der Waals surface area (Å²) in [5.74, 6) is 0. The van der Waals surface area contributed by atoms with Gasteiger partial charge in [0.25, 0.3) is 0 Å². The van der Waals surface area contributed by atoms with Crippen molar-refractivity contribution in [2.75, 3.05) is 14.2 Å². The van der Waals surface area contributed by atoms with E-state index in [2.05, 4.69) is 0 Å². The van der Waals surface area contributed by atoms with Crippen LogP contribution in [-0.4, -0.2) is 20.5 Å². The summed E-state index contributed by atoms with van der Waals surface area (Å²) in [6, 6.07) is 5.79. The van der Waals surface area contributed by atoms with Crippen LogP contribution in [0, 0.1) is 6.92 Å². The highest BCUT2D eigenvalue weighted by molar-refractivity contribution is 6.31. The fourth-order valence-electron chi connectivity index (χ4n) is 1.24. The highest BCUT2D eigenvalue weighted by Gasteiger charge is 2.01. The van der Waals surface area contributed by atoms with Crippen molar-refractivity contribution in [2.45, 2.75) is 13.2 Å². The minimum absolute atomic E-state index is 0.316. The van der Waals surface area contributed by atoms with Gasteiger partial charge in [0.2, 0.25) is 0 Å². The zero-order valence-electron chi connectivity index (χ0n) is 9.16. The molecule has 2 nitrogen and oxygen atoms in total. The average Bonchev–Trinajstić information content (AvgIpc) is 2.25. The lowest BCUT2D eigenvalue weighted by molar-refractivity contribution is -0.0660. The Morgan fingerprint density at radius 2 is 1.93 bits per heavy atom. The second-order valence-corrected chi connectivity index (χ2v) is 3.56. The second kappa shape index (κ2) is 5.91. The minimum atomic E-state index is -0.316. The van der Waals surface area contributed by atoms with Crippen molar-refractivity contribution in [3.8, 4) is 0 Å². The second-order valence-electron chi connectivity index (χ2n) is 3.15. The standard InChI is InChI=1S/C12H15ClO2/c1-9-10(5-4-6-11(9)13)7-8-12(14-2)15-3/h4-8,12H,1-3H3. The van der Waals surface area contributed by atoms with E-state index in [-0.39, 0.29) is 6.29 Å². The van der Waals surface area contributed by atoms with E-state index in [4.69, 9.17) is 21.1 Å². The number of methoxy groups -OCH3 is 2. The molecule has 15 heavy (non-hydrogen) atoms. The van der Waals surface area contributed by atoms with Crippen molar-refractivity contribution in [2.24, 2.45) is 0 Å². The Morgan fingerprint density at radius 1 is 1.27 bits per heavy atom. The minimum Gasteiger partial charge on any atom is -0.352 e. The van der Waals surface area contributed by atoms with E-state index in [1.54, 1.807) is 14.2 Å². The molecule has 0 N–H and O–H groups in total. The van der Waals surface area contributed by atoms with E-state index in [0.717, 1.165) is 16.1 Å². The van der Waals surface area contributed by atoms with Gasteiger partial charge < -0.3 is 9.47 Å². The molecule has 0 bridgehead atoms. The lowest BCUT2D eigenvalue weighted by Gasteiger charge is -2.08. The Labute approximate surface area is 95.5 Å². The molecule has 1 aromatic rings. The fourth-order valence-corrected chi connectivity index (χ4v) is 1.42. The Kier molecular flexibility index (Phi) is 4.82. The molecule has 0 fully saturated rings. The first-order chi connectivity index (χ1) is 7.19. The van der Waals surface area contributed by atoms with E-state index in [9.17, 15) is 0 Å². The first-order valence-corrected chi connectivity index (χ1v) is 5.05. The van der Waals surface area contributed by atoms with Crippen molar-refractivity contribution in [1.29, 1.82) is 0 Å². The predicted octanol–water partition coefficient (Wildman–Crippen LogP) is 3.28. The number of halogens is 1. The Bertz CT molecular complexity index is 343. The van der Waals surface area contributed by atoms with Gasteiger partial charge in [0, 0.05) is 19.2 Å². The molecule has 0 amide bonds. The maximum absolute atomic E-state index is 6.00. The maximum atomic E-state index is 6.00. The molecule has 0 radical (unpaired) electrons. The smallest absolute Gasteiger partial charge is 0.176 e. The molecule has 0 saturated heterocycles. The number of rotatable bonds is 4. The number of hydrogen-bond donors (Lipinski definition) is 0. The van der Waals surface area contributed by atoms with Gasteiger partial charge in [-0.25, -0.2) is 0 Å². The van der Waals surface area contributed by atoms with Gasteiger partial charge in [0.05, 0.1) is 0 Å². The Hall–Kier alpha value is -0.830. The summed E-state index contributed by atoms with van der Waals surface area (Å²) in [4.78, 5) is 0. The molecule has 0 aliphatic rings. The molecule has 1 rings (SSSR count). The van der Waals surface area contributed by atoms with E-state index < -0.39 is 0 Å². The molecule has 0 saturated carbocycles. The Morgan fingerprint density at radius 3 is 2.53 bits per heavy atom. The van der Waals surface area contributed by atoms with Gasteiger partial charge in [-0.1, -0.05) is 29.8 Å². The van der Waals surface area contributed by atoms with Crippen LogP contribution in [0.4, 0.5) is 0 Å². The van der Waals surface area contributed by atoms with Crippen molar-refractivity contribution >= 4 is 17.7 Å². The van der Waals surface area contributed by atoms with Crippen molar-refractivity contribution in [3.05, 3.63) is 40.4 Å². The monoisotopic (exact) mass is 226 g/mol. The first kappa shape index (κ1) is 12.2. The molecule has 82 valence electrons. The van der Waals surface area contributed by atoms with Crippen LogP contribution in [0.25, 0.3) is 6.08 Å². The van der Waals surface area contributed by atoms with Gasteiger partial charge in [-0.2, -0.15) is 0 Å². The average molecular weight is 227 g/mol. The summed E-state index contributed by atoms with van der Waals surface area (Å²) in [5, 5.41) is 0.767. The topological polar surface area (TPSA) is 18.5 Å². The summed E-state index contributed by atoms with van der Waals surface area (Å²) in [7, 11) is 3.20. The van der Waals surface area contributed by atoms with Crippen LogP contribution >= 0.6 is 11.6 Å². The SMILES string of the molecule is COC(C=Cc1cccc(Cl)c1C)OC. The predicted molar refractivity (Wildman–Crippen MR) is 63.0 cm³/mol. The molecular weight excluding hydrogens is 212 g/mol. The van der Waals surface area contributed by atoms with Gasteiger partial charge >= 0.3 is 0 Å².